The van der Waals surface area contributed by atoms with Crippen LogP contribution in [0.3, 0.4) is 0 Å². The van der Waals surface area contributed by atoms with Crippen LogP contribution in [-0.2, 0) is 4.74 Å². The van der Waals surface area contributed by atoms with Gasteiger partial charge in [-0.25, -0.2) is 4.79 Å². The smallest absolute Gasteiger partial charge is 0.350 e. The number of thiophene rings is 1. The van der Waals surface area contributed by atoms with E-state index in [-0.39, 0.29) is 18.2 Å². The molecule has 0 saturated carbocycles. The standard InChI is InChI=1S/C21H12ClN3O5S2/c22-17-15-5-1-2-6-16(15)32-18(17)20(26)29-11-3-4-12-31-21-24-23-19(30-21)13-7-9-14(10-8-13)25(27)28/h1-2,5-10H,11-12H2. The Morgan fingerprint density at radius 3 is 2.72 bits per heavy atom. The number of aromatic nitrogens is 2. The first-order valence-electron chi connectivity index (χ1n) is 9.04. The van der Waals surface area contributed by atoms with Crippen LogP contribution in [0.25, 0.3) is 21.5 Å². The van der Waals surface area contributed by atoms with E-state index in [2.05, 4.69) is 22.0 Å². The Balaban J connectivity index is 1.27. The van der Waals surface area contributed by atoms with Crippen molar-refractivity contribution >= 4 is 56.4 Å². The van der Waals surface area contributed by atoms with Crippen LogP contribution in [0.5, 0.6) is 0 Å². The van der Waals surface area contributed by atoms with Gasteiger partial charge in [0.1, 0.15) is 4.88 Å². The predicted octanol–water partition coefficient (Wildman–Crippen LogP) is 5.47. The monoisotopic (exact) mass is 485 g/mol. The average molecular weight is 486 g/mol. The third kappa shape index (κ3) is 4.91. The molecule has 0 radical (unpaired) electrons. The first kappa shape index (κ1) is 21.8. The minimum absolute atomic E-state index is 0.0199. The maximum absolute atomic E-state index is 12.2. The second-order valence-corrected chi connectivity index (χ2v) is 8.49. The molecule has 0 amide bonds. The largest absolute Gasteiger partial charge is 0.448 e. The van der Waals surface area contributed by atoms with Crippen LogP contribution in [0.1, 0.15) is 9.67 Å². The molecule has 160 valence electrons. The molecule has 8 nitrogen and oxygen atoms in total. The highest BCUT2D eigenvalue weighted by Crippen LogP contribution is 2.35. The number of carbonyl (C=O) groups excluding carboxylic acids is 1. The zero-order valence-electron chi connectivity index (χ0n) is 16.1. The summed E-state index contributed by atoms with van der Waals surface area (Å²) in [6.07, 6.45) is 0. The molecule has 32 heavy (non-hydrogen) atoms. The molecule has 0 aliphatic heterocycles. The van der Waals surface area contributed by atoms with Gasteiger partial charge in [0.05, 0.1) is 15.7 Å². The fourth-order valence-corrected chi connectivity index (χ4v) is 4.56. The Labute approximate surface area is 194 Å². The topological polar surface area (TPSA) is 108 Å². The number of esters is 1. The fraction of sp³-hybridized carbons (Fsp3) is 0.0952. The summed E-state index contributed by atoms with van der Waals surface area (Å²) in [7, 11) is 0. The zero-order chi connectivity index (χ0) is 22.5. The first-order valence-corrected chi connectivity index (χ1v) is 11.2. The Morgan fingerprint density at radius 2 is 1.97 bits per heavy atom. The van der Waals surface area contributed by atoms with Crippen molar-refractivity contribution in [1.29, 1.82) is 0 Å². The second-order valence-electron chi connectivity index (χ2n) is 6.14. The molecule has 0 aliphatic carbocycles. The Bertz CT molecular complexity index is 1360. The summed E-state index contributed by atoms with van der Waals surface area (Å²) in [6, 6.07) is 13.3. The van der Waals surface area contributed by atoms with E-state index in [1.807, 2.05) is 24.3 Å². The van der Waals surface area contributed by atoms with Gasteiger partial charge in [0.2, 0.25) is 5.89 Å². The maximum Gasteiger partial charge on any atom is 0.350 e. The molecule has 0 bridgehead atoms. The quantitative estimate of drug-likeness (QED) is 0.116. The van der Waals surface area contributed by atoms with Crippen LogP contribution in [0.2, 0.25) is 5.02 Å². The number of nitro groups is 1. The van der Waals surface area contributed by atoms with E-state index < -0.39 is 10.9 Å². The van der Waals surface area contributed by atoms with Crippen molar-refractivity contribution in [3.63, 3.8) is 0 Å². The number of benzene rings is 2. The molecule has 0 spiro atoms. The van der Waals surface area contributed by atoms with Crippen LogP contribution in [0.15, 0.2) is 58.2 Å². The summed E-state index contributed by atoms with van der Waals surface area (Å²) < 4.78 is 11.6. The van der Waals surface area contributed by atoms with Gasteiger partial charge in [0.25, 0.3) is 10.9 Å². The van der Waals surface area contributed by atoms with Crippen molar-refractivity contribution in [2.45, 2.75) is 5.22 Å². The lowest BCUT2D eigenvalue weighted by Gasteiger charge is -1.98. The van der Waals surface area contributed by atoms with E-state index in [1.165, 1.54) is 47.4 Å². The van der Waals surface area contributed by atoms with Crippen LogP contribution < -0.4 is 0 Å². The molecular weight excluding hydrogens is 474 g/mol. The Hall–Kier alpha value is -3.39. The van der Waals surface area contributed by atoms with Crippen molar-refractivity contribution in [2.24, 2.45) is 0 Å². The van der Waals surface area contributed by atoms with Gasteiger partial charge in [-0.3, -0.25) is 10.1 Å². The highest BCUT2D eigenvalue weighted by molar-refractivity contribution is 7.99. The molecule has 0 fully saturated rings. The third-order valence-electron chi connectivity index (χ3n) is 4.12. The normalized spacial score (nSPS) is 10.5. The molecule has 0 unspecified atom stereocenters. The lowest BCUT2D eigenvalue weighted by molar-refractivity contribution is -0.384. The Kier molecular flexibility index (Phi) is 6.70. The molecule has 2 heterocycles. The number of fused-ring (bicyclic) bond motifs is 1. The summed E-state index contributed by atoms with van der Waals surface area (Å²) >= 11 is 8.77. The van der Waals surface area contributed by atoms with Gasteiger partial charge in [-0.05, 0) is 18.2 Å². The molecule has 2 aromatic heterocycles. The molecule has 4 aromatic rings. The maximum atomic E-state index is 12.2. The van der Waals surface area contributed by atoms with Gasteiger partial charge < -0.3 is 9.15 Å². The number of rotatable bonds is 6. The summed E-state index contributed by atoms with van der Waals surface area (Å²) in [5.74, 6) is 5.71. The first-order chi connectivity index (χ1) is 15.5. The summed E-state index contributed by atoms with van der Waals surface area (Å²) in [6.45, 7) is -0.0676. The lowest BCUT2D eigenvalue weighted by atomic mass is 10.2. The number of carbonyl (C=O) groups is 1. The number of hydrogen-bond acceptors (Lipinski definition) is 9. The fourth-order valence-electron chi connectivity index (χ4n) is 2.62. The van der Waals surface area contributed by atoms with Crippen LogP contribution in [0, 0.1) is 22.0 Å². The highest BCUT2D eigenvalue weighted by Gasteiger charge is 2.17. The predicted molar refractivity (Wildman–Crippen MR) is 122 cm³/mol. The van der Waals surface area contributed by atoms with Crippen LogP contribution in [0.4, 0.5) is 5.69 Å². The van der Waals surface area contributed by atoms with Gasteiger partial charge >= 0.3 is 5.97 Å². The van der Waals surface area contributed by atoms with Crippen LogP contribution in [-0.4, -0.2) is 33.4 Å². The summed E-state index contributed by atoms with van der Waals surface area (Å²) in [4.78, 5) is 22.8. The van der Waals surface area contributed by atoms with E-state index in [9.17, 15) is 14.9 Å². The van der Waals surface area contributed by atoms with Gasteiger partial charge in [-0.2, -0.15) is 0 Å². The van der Waals surface area contributed by atoms with Crippen molar-refractivity contribution in [3.8, 4) is 23.3 Å². The SMILES string of the molecule is O=C(OCC#CCSc1nnc(-c2ccc([N+](=O)[O-])cc2)o1)c1sc2ccccc2c1Cl. The molecule has 2 aromatic carbocycles. The van der Waals surface area contributed by atoms with E-state index >= 15 is 0 Å². The summed E-state index contributed by atoms with van der Waals surface area (Å²) in [5.41, 5.74) is 0.557. The minimum Gasteiger partial charge on any atom is -0.448 e. The van der Waals surface area contributed by atoms with E-state index in [0.717, 1.165) is 10.1 Å². The highest BCUT2D eigenvalue weighted by atomic mass is 35.5. The van der Waals surface area contributed by atoms with Gasteiger partial charge in [-0.15, -0.1) is 21.5 Å². The number of nitrogens with zero attached hydrogens (tertiary/aromatic N) is 3. The van der Waals surface area contributed by atoms with Gasteiger partial charge in [-0.1, -0.05) is 53.4 Å². The van der Waals surface area contributed by atoms with Crippen molar-refractivity contribution < 1.29 is 18.9 Å². The van der Waals surface area contributed by atoms with E-state index in [1.54, 1.807) is 0 Å². The minimum atomic E-state index is -0.511. The van der Waals surface area contributed by atoms with Gasteiger partial charge in [0, 0.05) is 27.8 Å². The molecule has 0 saturated heterocycles. The Morgan fingerprint density at radius 1 is 1.19 bits per heavy atom. The van der Waals surface area contributed by atoms with Crippen LogP contribution >= 0.6 is 34.7 Å². The number of halogens is 1. The third-order valence-corrected chi connectivity index (χ3v) is 6.48. The molecule has 11 heteroatoms. The zero-order valence-corrected chi connectivity index (χ0v) is 18.5. The lowest BCUT2D eigenvalue weighted by Crippen LogP contribution is -2.03. The average Bonchev–Trinajstić information content (AvgIpc) is 3.41. The number of thioether (sulfide) groups is 1. The van der Waals surface area contributed by atoms with E-state index in [0.29, 0.717) is 26.4 Å². The van der Waals surface area contributed by atoms with Crippen molar-refractivity contribution in [1.82, 2.24) is 10.2 Å². The molecule has 0 aliphatic rings. The number of non-ortho nitro benzene ring substituents is 1. The van der Waals surface area contributed by atoms with Gasteiger partial charge in [0.15, 0.2) is 6.61 Å². The molecular formula is C21H12ClN3O5S2. The van der Waals surface area contributed by atoms with Crippen molar-refractivity contribution in [2.75, 3.05) is 12.4 Å². The number of hydrogen-bond donors (Lipinski definition) is 0. The van der Waals surface area contributed by atoms with E-state index in [4.69, 9.17) is 20.8 Å². The van der Waals surface area contributed by atoms with Crippen molar-refractivity contribution in [3.05, 3.63) is 68.5 Å². The molecule has 0 atom stereocenters. The number of ether oxygens (including phenoxy) is 1. The molecule has 0 N–H and O–H groups in total. The summed E-state index contributed by atoms with van der Waals surface area (Å²) in [5, 5.41) is 20.1. The molecule has 4 rings (SSSR count). The number of nitro benzene ring substituents is 1. The second kappa shape index (κ2) is 9.82.